The maximum atomic E-state index is 12.4. The van der Waals surface area contributed by atoms with E-state index in [1.54, 1.807) is 42.2 Å². The molecule has 0 aliphatic carbocycles. The fraction of sp³-hybridized carbons (Fsp3) is 0.125. The first-order valence-electron chi connectivity index (χ1n) is 6.69. The first-order valence-corrected chi connectivity index (χ1v) is 8.49. The van der Waals surface area contributed by atoms with Crippen LogP contribution in [-0.2, 0) is 4.79 Å². The van der Waals surface area contributed by atoms with Crippen molar-refractivity contribution in [3.8, 4) is 5.75 Å². The predicted octanol–water partition coefficient (Wildman–Crippen LogP) is 4.86. The normalized spacial score (nSPS) is 10.7. The van der Waals surface area contributed by atoms with Gasteiger partial charge in [-0.2, -0.15) is 0 Å². The van der Waals surface area contributed by atoms with E-state index in [2.05, 4.69) is 4.98 Å². The summed E-state index contributed by atoms with van der Waals surface area (Å²) in [6, 6.07) is 10.8. The van der Waals surface area contributed by atoms with Crippen LogP contribution in [0.25, 0.3) is 10.2 Å². The number of alkyl halides is 1. The van der Waals surface area contributed by atoms with Crippen molar-refractivity contribution < 1.29 is 9.53 Å². The molecule has 2 aromatic carbocycles. The smallest absolute Gasteiger partial charge is 0.246 e. The van der Waals surface area contributed by atoms with E-state index in [1.165, 1.54) is 4.90 Å². The molecule has 0 aliphatic heterocycles. The highest BCUT2D eigenvalue weighted by molar-refractivity contribution is 7.16. The number of halogens is 2. The van der Waals surface area contributed by atoms with Gasteiger partial charge in [-0.1, -0.05) is 11.6 Å². The monoisotopic (exact) mass is 366 g/mol. The molecule has 4 nitrogen and oxygen atoms in total. The molecule has 0 unspecified atom stereocenters. The average Bonchev–Trinajstić information content (AvgIpc) is 3.03. The maximum Gasteiger partial charge on any atom is 0.246 e. The van der Waals surface area contributed by atoms with Gasteiger partial charge in [0.15, 0.2) is 0 Å². The third kappa shape index (κ3) is 3.13. The van der Waals surface area contributed by atoms with Crippen molar-refractivity contribution in [1.29, 1.82) is 0 Å². The minimum Gasteiger partial charge on any atom is -0.495 e. The van der Waals surface area contributed by atoms with E-state index in [9.17, 15) is 4.79 Å². The quantitative estimate of drug-likeness (QED) is 0.619. The molecule has 3 rings (SSSR count). The van der Waals surface area contributed by atoms with E-state index in [-0.39, 0.29) is 11.8 Å². The molecule has 7 heteroatoms. The van der Waals surface area contributed by atoms with E-state index in [4.69, 9.17) is 27.9 Å². The number of hydrogen-bond acceptors (Lipinski definition) is 4. The Morgan fingerprint density at radius 1 is 1.26 bits per heavy atom. The number of ether oxygens (including phenoxy) is 1. The molecule has 0 atom stereocenters. The molecule has 3 aromatic rings. The van der Waals surface area contributed by atoms with Crippen LogP contribution in [0.5, 0.6) is 5.75 Å². The molecule has 1 heterocycles. The second-order valence-electron chi connectivity index (χ2n) is 4.69. The standard InChI is InChI=1S/C16H12Cl2N2O2S/c1-22-14-4-2-10(6-12(14)18)20(16(21)8-17)11-3-5-15-13(7-11)19-9-23-15/h2-7,9H,8H2,1H3. The van der Waals surface area contributed by atoms with Crippen LogP contribution in [0.2, 0.25) is 5.02 Å². The van der Waals surface area contributed by atoms with Gasteiger partial charge in [0, 0.05) is 0 Å². The lowest BCUT2D eigenvalue weighted by atomic mass is 10.2. The fourth-order valence-corrected chi connectivity index (χ4v) is 3.31. The summed E-state index contributed by atoms with van der Waals surface area (Å²) in [6.45, 7) is 0. The highest BCUT2D eigenvalue weighted by Gasteiger charge is 2.19. The molecule has 0 spiro atoms. The summed E-state index contributed by atoms with van der Waals surface area (Å²) < 4.78 is 6.20. The van der Waals surface area contributed by atoms with Crippen molar-refractivity contribution in [2.24, 2.45) is 0 Å². The van der Waals surface area contributed by atoms with Crippen LogP contribution in [0.1, 0.15) is 0 Å². The van der Waals surface area contributed by atoms with Crippen molar-refractivity contribution in [2.45, 2.75) is 0 Å². The van der Waals surface area contributed by atoms with Gasteiger partial charge in [-0.3, -0.25) is 9.69 Å². The van der Waals surface area contributed by atoms with E-state index in [1.807, 2.05) is 18.2 Å². The molecule has 1 aromatic heterocycles. The zero-order chi connectivity index (χ0) is 16.4. The van der Waals surface area contributed by atoms with Gasteiger partial charge in [-0.05, 0) is 36.4 Å². The highest BCUT2D eigenvalue weighted by atomic mass is 35.5. The van der Waals surface area contributed by atoms with Crippen molar-refractivity contribution in [3.05, 3.63) is 46.9 Å². The topological polar surface area (TPSA) is 42.4 Å². The minimum atomic E-state index is -0.248. The number of fused-ring (bicyclic) bond motifs is 1. The molecule has 0 bridgehead atoms. The summed E-state index contributed by atoms with van der Waals surface area (Å²) in [4.78, 5) is 18.2. The van der Waals surface area contributed by atoms with Gasteiger partial charge in [0.05, 0.1) is 39.2 Å². The van der Waals surface area contributed by atoms with Gasteiger partial charge in [-0.15, -0.1) is 22.9 Å². The number of carbonyl (C=O) groups excluding carboxylic acids is 1. The lowest BCUT2D eigenvalue weighted by molar-refractivity contribution is -0.115. The summed E-state index contributed by atoms with van der Waals surface area (Å²) in [5.41, 5.74) is 3.91. The van der Waals surface area contributed by atoms with Gasteiger partial charge in [0.1, 0.15) is 11.6 Å². The molecule has 118 valence electrons. The van der Waals surface area contributed by atoms with E-state index in [0.29, 0.717) is 22.1 Å². The molecule has 0 N–H and O–H groups in total. The van der Waals surface area contributed by atoms with Crippen molar-refractivity contribution in [3.63, 3.8) is 0 Å². The van der Waals surface area contributed by atoms with Crippen LogP contribution >= 0.6 is 34.5 Å². The third-order valence-corrected chi connectivity index (χ3v) is 4.66. The largest absolute Gasteiger partial charge is 0.495 e. The van der Waals surface area contributed by atoms with E-state index < -0.39 is 0 Å². The Morgan fingerprint density at radius 2 is 2.00 bits per heavy atom. The molecule has 0 radical (unpaired) electrons. The molecule has 23 heavy (non-hydrogen) atoms. The number of carbonyl (C=O) groups is 1. The van der Waals surface area contributed by atoms with Gasteiger partial charge in [0.2, 0.25) is 5.91 Å². The van der Waals surface area contributed by atoms with Gasteiger partial charge < -0.3 is 4.74 Å². The number of nitrogens with zero attached hydrogens (tertiary/aromatic N) is 2. The number of aromatic nitrogens is 1. The summed E-state index contributed by atoms with van der Waals surface area (Å²) in [5, 5.41) is 0.423. The van der Waals surface area contributed by atoms with Gasteiger partial charge >= 0.3 is 0 Å². The summed E-state index contributed by atoms with van der Waals surface area (Å²) in [7, 11) is 1.54. The number of thiazole rings is 1. The molecule has 0 saturated carbocycles. The SMILES string of the molecule is COc1ccc(N(C(=O)CCl)c2ccc3scnc3c2)cc1Cl. The fourth-order valence-electron chi connectivity index (χ4n) is 2.28. The van der Waals surface area contributed by atoms with Gasteiger partial charge in [0.25, 0.3) is 0 Å². The zero-order valence-corrected chi connectivity index (χ0v) is 14.5. The Bertz CT molecular complexity index is 866. The summed E-state index contributed by atoms with van der Waals surface area (Å²) in [5.74, 6) is 0.157. The average molecular weight is 367 g/mol. The Balaban J connectivity index is 2.10. The Kier molecular flexibility index (Phi) is 4.71. The first-order chi connectivity index (χ1) is 11.1. The minimum absolute atomic E-state index is 0.140. The maximum absolute atomic E-state index is 12.4. The number of rotatable bonds is 4. The summed E-state index contributed by atoms with van der Waals surface area (Å²) in [6.07, 6.45) is 0. The number of anilines is 2. The van der Waals surface area contributed by atoms with Crippen molar-refractivity contribution >= 4 is 62.0 Å². The van der Waals surface area contributed by atoms with Crippen molar-refractivity contribution in [1.82, 2.24) is 4.98 Å². The van der Waals surface area contributed by atoms with E-state index >= 15 is 0 Å². The highest BCUT2D eigenvalue weighted by Crippen LogP contribution is 2.34. The van der Waals surface area contributed by atoms with Crippen molar-refractivity contribution in [2.75, 3.05) is 17.9 Å². The lowest BCUT2D eigenvalue weighted by Gasteiger charge is -2.22. The van der Waals surface area contributed by atoms with Crippen LogP contribution in [0.15, 0.2) is 41.9 Å². The van der Waals surface area contributed by atoms with E-state index in [0.717, 1.165) is 10.2 Å². The number of amides is 1. The Hall–Kier alpha value is -1.82. The number of hydrogen-bond donors (Lipinski definition) is 0. The lowest BCUT2D eigenvalue weighted by Crippen LogP contribution is -2.26. The molecular formula is C16H12Cl2N2O2S. The summed E-state index contributed by atoms with van der Waals surface area (Å²) >= 11 is 13.5. The molecule has 0 fully saturated rings. The Morgan fingerprint density at radius 3 is 2.70 bits per heavy atom. The second kappa shape index (κ2) is 6.74. The van der Waals surface area contributed by atoms with Crippen LogP contribution in [-0.4, -0.2) is 23.9 Å². The molecule has 0 saturated heterocycles. The predicted molar refractivity (Wildman–Crippen MR) is 95.5 cm³/mol. The Labute approximate surface area is 147 Å². The number of methoxy groups -OCH3 is 1. The van der Waals surface area contributed by atoms with Crippen LogP contribution in [0.4, 0.5) is 11.4 Å². The van der Waals surface area contributed by atoms with Crippen LogP contribution in [0, 0.1) is 0 Å². The van der Waals surface area contributed by atoms with Crippen LogP contribution < -0.4 is 9.64 Å². The number of benzene rings is 2. The molecule has 0 aliphatic rings. The molecular weight excluding hydrogens is 355 g/mol. The van der Waals surface area contributed by atoms with Gasteiger partial charge in [-0.25, -0.2) is 4.98 Å². The third-order valence-electron chi connectivity index (χ3n) is 3.33. The zero-order valence-electron chi connectivity index (χ0n) is 12.1. The molecule has 1 amide bonds. The first kappa shape index (κ1) is 16.1. The second-order valence-corrected chi connectivity index (χ2v) is 6.25. The van der Waals surface area contributed by atoms with Crippen LogP contribution in [0.3, 0.4) is 0 Å².